The van der Waals surface area contributed by atoms with Crippen LogP contribution in [-0.2, 0) is 4.74 Å². The SMILES string of the molecule is CCOCC(C)(C#N)Nc1cccc(C)c1. The molecule has 1 rings (SSSR count). The molecule has 0 aliphatic heterocycles. The molecule has 3 nitrogen and oxygen atoms in total. The van der Waals surface area contributed by atoms with E-state index >= 15 is 0 Å². The summed E-state index contributed by atoms with van der Waals surface area (Å²) in [4.78, 5) is 0. The summed E-state index contributed by atoms with van der Waals surface area (Å²) in [6.07, 6.45) is 0. The van der Waals surface area contributed by atoms with Gasteiger partial charge in [-0.3, -0.25) is 0 Å². The quantitative estimate of drug-likeness (QED) is 0.826. The lowest BCUT2D eigenvalue weighted by Crippen LogP contribution is -2.38. The largest absolute Gasteiger partial charge is 0.378 e. The van der Waals surface area contributed by atoms with Crippen molar-refractivity contribution in [3.05, 3.63) is 29.8 Å². The Morgan fingerprint density at radius 2 is 2.25 bits per heavy atom. The maximum Gasteiger partial charge on any atom is 0.146 e. The zero-order chi connectivity index (χ0) is 12.0. The second-order valence-corrected chi connectivity index (χ2v) is 4.08. The van der Waals surface area contributed by atoms with Crippen molar-refractivity contribution >= 4 is 5.69 Å². The van der Waals surface area contributed by atoms with Crippen LogP contribution in [0.1, 0.15) is 19.4 Å². The van der Waals surface area contributed by atoms with Gasteiger partial charge in [0.05, 0.1) is 12.7 Å². The monoisotopic (exact) mass is 218 g/mol. The van der Waals surface area contributed by atoms with Crippen molar-refractivity contribution in [1.29, 1.82) is 5.26 Å². The van der Waals surface area contributed by atoms with Crippen LogP contribution >= 0.6 is 0 Å². The highest BCUT2D eigenvalue weighted by Crippen LogP contribution is 2.16. The van der Waals surface area contributed by atoms with Gasteiger partial charge in [0.25, 0.3) is 0 Å². The van der Waals surface area contributed by atoms with Crippen LogP contribution in [0.25, 0.3) is 0 Å². The Balaban J connectivity index is 2.73. The van der Waals surface area contributed by atoms with Gasteiger partial charge in [0.1, 0.15) is 5.54 Å². The summed E-state index contributed by atoms with van der Waals surface area (Å²) in [5, 5.41) is 12.3. The van der Waals surface area contributed by atoms with E-state index in [2.05, 4.69) is 11.4 Å². The van der Waals surface area contributed by atoms with E-state index in [0.29, 0.717) is 13.2 Å². The molecule has 0 aromatic heterocycles. The lowest BCUT2D eigenvalue weighted by atomic mass is 10.1. The standard InChI is InChI=1S/C13H18N2O/c1-4-16-10-13(3,9-14)15-12-7-5-6-11(2)8-12/h5-8,15H,4,10H2,1-3H3. The molecule has 0 bridgehead atoms. The summed E-state index contributed by atoms with van der Waals surface area (Å²) >= 11 is 0. The minimum absolute atomic E-state index is 0.383. The van der Waals surface area contributed by atoms with Gasteiger partial charge in [-0.25, -0.2) is 0 Å². The van der Waals surface area contributed by atoms with Gasteiger partial charge >= 0.3 is 0 Å². The predicted molar refractivity (Wildman–Crippen MR) is 65.3 cm³/mol. The predicted octanol–water partition coefficient (Wildman–Crippen LogP) is 2.73. The highest BCUT2D eigenvalue weighted by molar-refractivity contribution is 5.49. The molecule has 0 aliphatic rings. The molecule has 0 fully saturated rings. The average molecular weight is 218 g/mol. The summed E-state index contributed by atoms with van der Waals surface area (Å²) < 4.78 is 5.31. The number of benzene rings is 1. The van der Waals surface area contributed by atoms with Crippen LogP contribution in [0.15, 0.2) is 24.3 Å². The van der Waals surface area contributed by atoms with Gasteiger partial charge in [0.2, 0.25) is 0 Å². The minimum atomic E-state index is -0.677. The molecule has 3 heteroatoms. The van der Waals surface area contributed by atoms with Crippen LogP contribution in [0.2, 0.25) is 0 Å². The van der Waals surface area contributed by atoms with Crippen LogP contribution < -0.4 is 5.32 Å². The molecule has 1 N–H and O–H groups in total. The number of rotatable bonds is 5. The van der Waals surface area contributed by atoms with Crippen LogP contribution in [0.5, 0.6) is 0 Å². The van der Waals surface area contributed by atoms with Crippen molar-refractivity contribution in [2.75, 3.05) is 18.5 Å². The smallest absolute Gasteiger partial charge is 0.146 e. The molecule has 0 spiro atoms. The number of hydrogen-bond acceptors (Lipinski definition) is 3. The van der Waals surface area contributed by atoms with E-state index in [1.807, 2.05) is 45.0 Å². The van der Waals surface area contributed by atoms with Crippen LogP contribution in [-0.4, -0.2) is 18.8 Å². The first kappa shape index (κ1) is 12.5. The average Bonchev–Trinajstić information content (AvgIpc) is 2.26. The number of nitrogens with one attached hydrogen (secondary N) is 1. The number of nitriles is 1. The van der Waals surface area contributed by atoms with E-state index in [1.165, 1.54) is 5.56 Å². The van der Waals surface area contributed by atoms with Crippen molar-refractivity contribution in [3.8, 4) is 6.07 Å². The summed E-state index contributed by atoms with van der Waals surface area (Å²) in [5.41, 5.74) is 1.44. The van der Waals surface area contributed by atoms with Gasteiger partial charge in [0.15, 0.2) is 0 Å². The van der Waals surface area contributed by atoms with Gasteiger partial charge in [-0.2, -0.15) is 5.26 Å². The molecule has 0 saturated carbocycles. The lowest BCUT2D eigenvalue weighted by molar-refractivity contribution is 0.125. The number of aryl methyl sites for hydroxylation is 1. The molecule has 0 saturated heterocycles. The molecule has 16 heavy (non-hydrogen) atoms. The maximum absolute atomic E-state index is 9.15. The van der Waals surface area contributed by atoms with Crippen LogP contribution in [0, 0.1) is 18.3 Å². The Hall–Kier alpha value is -1.53. The van der Waals surface area contributed by atoms with Crippen LogP contribution in [0.3, 0.4) is 0 Å². The van der Waals surface area contributed by atoms with E-state index < -0.39 is 5.54 Å². The highest BCUT2D eigenvalue weighted by Gasteiger charge is 2.23. The first-order valence-electron chi connectivity index (χ1n) is 5.43. The zero-order valence-electron chi connectivity index (χ0n) is 10.1. The molecule has 1 aromatic carbocycles. The Morgan fingerprint density at radius 1 is 1.50 bits per heavy atom. The second kappa shape index (κ2) is 5.53. The van der Waals surface area contributed by atoms with Gasteiger partial charge in [0, 0.05) is 12.3 Å². The number of ether oxygens (including phenoxy) is 1. The van der Waals surface area contributed by atoms with E-state index in [0.717, 1.165) is 5.69 Å². The second-order valence-electron chi connectivity index (χ2n) is 4.08. The van der Waals surface area contributed by atoms with Crippen molar-refractivity contribution in [3.63, 3.8) is 0 Å². The summed E-state index contributed by atoms with van der Waals surface area (Å²) in [5.74, 6) is 0. The molecule has 0 heterocycles. The summed E-state index contributed by atoms with van der Waals surface area (Å²) in [6, 6.07) is 10.2. The van der Waals surface area contributed by atoms with Crippen molar-refractivity contribution in [2.45, 2.75) is 26.3 Å². The molecule has 86 valence electrons. The molecule has 1 unspecified atom stereocenters. The maximum atomic E-state index is 9.15. The first-order chi connectivity index (χ1) is 7.59. The third-order valence-corrected chi connectivity index (χ3v) is 2.28. The lowest BCUT2D eigenvalue weighted by Gasteiger charge is -2.24. The van der Waals surface area contributed by atoms with Crippen molar-refractivity contribution in [2.24, 2.45) is 0 Å². The van der Waals surface area contributed by atoms with Gasteiger partial charge < -0.3 is 10.1 Å². The Kier molecular flexibility index (Phi) is 4.33. The van der Waals surface area contributed by atoms with Crippen LogP contribution in [0.4, 0.5) is 5.69 Å². The topological polar surface area (TPSA) is 45.0 Å². The molecule has 0 radical (unpaired) electrons. The van der Waals surface area contributed by atoms with Gasteiger partial charge in [-0.05, 0) is 38.5 Å². The highest BCUT2D eigenvalue weighted by atomic mass is 16.5. The molecule has 0 amide bonds. The fourth-order valence-electron chi connectivity index (χ4n) is 1.44. The van der Waals surface area contributed by atoms with Crippen molar-refractivity contribution < 1.29 is 4.74 Å². The first-order valence-corrected chi connectivity index (χ1v) is 5.43. The Morgan fingerprint density at radius 3 is 2.81 bits per heavy atom. The zero-order valence-corrected chi connectivity index (χ0v) is 10.1. The Bertz CT molecular complexity index is 384. The normalized spacial score (nSPS) is 13.9. The molecule has 0 aliphatic carbocycles. The Labute approximate surface area is 97.0 Å². The number of anilines is 1. The molecular formula is C13H18N2O. The summed E-state index contributed by atoms with van der Waals surface area (Å²) in [7, 11) is 0. The fraction of sp³-hybridized carbons (Fsp3) is 0.462. The van der Waals surface area contributed by atoms with E-state index in [9.17, 15) is 0 Å². The number of hydrogen-bond donors (Lipinski definition) is 1. The van der Waals surface area contributed by atoms with Gasteiger partial charge in [-0.1, -0.05) is 12.1 Å². The fourth-order valence-corrected chi connectivity index (χ4v) is 1.44. The third kappa shape index (κ3) is 3.56. The van der Waals surface area contributed by atoms with E-state index in [1.54, 1.807) is 0 Å². The number of nitrogens with zero attached hydrogens (tertiary/aromatic N) is 1. The van der Waals surface area contributed by atoms with Gasteiger partial charge in [-0.15, -0.1) is 0 Å². The minimum Gasteiger partial charge on any atom is -0.378 e. The molecule has 1 aromatic rings. The molecular weight excluding hydrogens is 200 g/mol. The summed E-state index contributed by atoms with van der Waals surface area (Å²) in [6.45, 7) is 6.79. The van der Waals surface area contributed by atoms with Crippen molar-refractivity contribution in [1.82, 2.24) is 0 Å². The third-order valence-electron chi connectivity index (χ3n) is 2.28. The van der Waals surface area contributed by atoms with E-state index in [-0.39, 0.29) is 0 Å². The van der Waals surface area contributed by atoms with E-state index in [4.69, 9.17) is 10.00 Å². The molecule has 1 atom stereocenters.